The zero-order valence-electron chi connectivity index (χ0n) is 7.86. The van der Waals surface area contributed by atoms with Gasteiger partial charge in [-0.1, -0.05) is 0 Å². The first-order valence-corrected chi connectivity index (χ1v) is 4.29. The van der Waals surface area contributed by atoms with Crippen LogP contribution < -0.4 is 0 Å². The van der Waals surface area contributed by atoms with E-state index in [1.807, 2.05) is 4.90 Å². The summed E-state index contributed by atoms with van der Waals surface area (Å²) in [7, 11) is 0. The molecular weight excluding hydrogens is 245 g/mol. The Morgan fingerprint density at radius 2 is 2.00 bits per heavy atom. The smallest absolute Gasteiger partial charge is 0.0660 e. The molecule has 1 atom stereocenters. The second kappa shape index (κ2) is 6.07. The monoisotopic (exact) mass is 260 g/mol. The molecule has 1 heterocycles. The van der Waals surface area contributed by atoms with Crippen LogP contribution in [0.1, 0.15) is 19.8 Å². The van der Waals surface area contributed by atoms with E-state index in [1.165, 1.54) is 0 Å². The first-order valence-electron chi connectivity index (χ1n) is 4.29. The molecule has 1 rings (SSSR count). The number of rotatable bonds is 2. The molecule has 1 radical (unpaired) electrons. The van der Waals surface area contributed by atoms with Gasteiger partial charge in [0, 0.05) is 51.8 Å². The summed E-state index contributed by atoms with van der Waals surface area (Å²) in [5.74, 6) is -0.536. The molecule has 0 bridgehead atoms. The molecule has 0 aromatic rings. The van der Waals surface area contributed by atoms with Gasteiger partial charge >= 0.3 is 0 Å². The summed E-state index contributed by atoms with van der Waals surface area (Å²) in [6.45, 7) is 3.20. The van der Waals surface area contributed by atoms with E-state index in [2.05, 4.69) is 0 Å². The largest absolute Gasteiger partial charge is 0.666 e. The third kappa shape index (κ3) is 4.02. The van der Waals surface area contributed by atoms with E-state index in [0.29, 0.717) is 0 Å². The third-order valence-corrected chi connectivity index (χ3v) is 2.43. The van der Waals surface area contributed by atoms with Crippen LogP contribution in [0.3, 0.4) is 0 Å². The maximum atomic E-state index is 10.7. The number of aliphatic hydroxyl groups is 1. The molecular formula is C8H15N2O2Y-. The minimum atomic E-state index is -0.536. The van der Waals surface area contributed by atoms with Gasteiger partial charge in [0.2, 0.25) is 0 Å². The molecule has 73 valence electrons. The summed E-state index contributed by atoms with van der Waals surface area (Å²) in [6.07, 6.45) is 1.23. The summed E-state index contributed by atoms with van der Waals surface area (Å²) < 4.78 is 0. The number of amides is 1. The fourth-order valence-corrected chi connectivity index (χ4v) is 1.44. The standard InChI is InChI=1S/C8H16N2O2.Y/c1-6(8(9)12)10-4-2-7(11)3-5-10;/h6-7,11H,2-5H2,1H3,(H2,9,12);/p-1. The average molecular weight is 260 g/mol. The number of aliphatic hydroxyl groups excluding tert-OH is 1. The van der Waals surface area contributed by atoms with Crippen LogP contribution in [-0.2, 0) is 37.5 Å². The Bertz CT molecular complexity index is 170. The number of carbonyl (C=O) groups excluding carboxylic acids is 1. The second-order valence-corrected chi connectivity index (χ2v) is 3.31. The number of carbonyl (C=O) groups is 1. The fraction of sp³-hybridized carbons (Fsp3) is 0.875. The normalized spacial score (nSPS) is 22.0. The van der Waals surface area contributed by atoms with Crippen LogP contribution in [0, 0.1) is 0 Å². The Labute approximate surface area is 104 Å². The van der Waals surface area contributed by atoms with Crippen LogP contribution in [0.5, 0.6) is 0 Å². The van der Waals surface area contributed by atoms with Gasteiger partial charge in [0.1, 0.15) is 0 Å². The summed E-state index contributed by atoms with van der Waals surface area (Å²) in [4.78, 5) is 12.6. The Morgan fingerprint density at radius 3 is 2.38 bits per heavy atom. The molecule has 13 heavy (non-hydrogen) atoms. The van der Waals surface area contributed by atoms with Gasteiger partial charge in [-0.2, -0.15) is 0 Å². The molecule has 4 nitrogen and oxygen atoms in total. The number of hydrogen-bond donors (Lipinski definition) is 1. The van der Waals surface area contributed by atoms with Crippen molar-refractivity contribution in [2.24, 2.45) is 0 Å². The maximum Gasteiger partial charge on any atom is 0.0660 e. The predicted octanol–water partition coefficient (Wildman–Crippen LogP) is 0.408. The molecule has 0 aromatic carbocycles. The molecule has 0 aliphatic carbocycles. The van der Waals surface area contributed by atoms with Crippen LogP contribution in [-0.4, -0.2) is 41.1 Å². The van der Waals surface area contributed by atoms with E-state index < -0.39 is 5.91 Å². The Balaban J connectivity index is 0.00000144. The van der Waals surface area contributed by atoms with Gasteiger partial charge in [0.15, 0.2) is 0 Å². The summed E-state index contributed by atoms with van der Waals surface area (Å²) >= 11 is 0. The first kappa shape index (κ1) is 13.5. The summed E-state index contributed by atoms with van der Waals surface area (Å²) in [6, 6.07) is -0.308. The molecule has 1 fully saturated rings. The van der Waals surface area contributed by atoms with Crippen LogP contribution >= 0.6 is 0 Å². The van der Waals surface area contributed by atoms with Gasteiger partial charge < -0.3 is 15.6 Å². The molecule has 2 N–H and O–H groups in total. The quantitative estimate of drug-likeness (QED) is 0.782. The molecule has 1 amide bonds. The second-order valence-electron chi connectivity index (χ2n) is 3.31. The zero-order chi connectivity index (χ0) is 9.14. The average Bonchev–Trinajstić information content (AvgIpc) is 2.04. The van der Waals surface area contributed by atoms with Gasteiger partial charge in [-0.05, 0) is 19.8 Å². The molecule has 1 unspecified atom stereocenters. The summed E-state index contributed by atoms with van der Waals surface area (Å²) in [5.41, 5.74) is 6.93. The van der Waals surface area contributed by atoms with Gasteiger partial charge in [-0.3, -0.25) is 4.90 Å². The number of piperidine rings is 1. The Kier molecular flexibility index (Phi) is 6.30. The molecule has 1 aliphatic rings. The molecule has 1 saturated heterocycles. The van der Waals surface area contributed by atoms with Crippen molar-refractivity contribution in [2.45, 2.75) is 31.9 Å². The Hall–Kier alpha value is 0.494. The van der Waals surface area contributed by atoms with Crippen molar-refractivity contribution >= 4 is 5.91 Å². The number of nitrogens with one attached hydrogen (secondary N) is 1. The van der Waals surface area contributed by atoms with E-state index in [0.717, 1.165) is 25.9 Å². The topological polar surface area (TPSA) is 64.3 Å². The van der Waals surface area contributed by atoms with Crippen molar-refractivity contribution in [2.75, 3.05) is 13.1 Å². The van der Waals surface area contributed by atoms with E-state index in [-0.39, 0.29) is 44.9 Å². The van der Waals surface area contributed by atoms with E-state index in [9.17, 15) is 9.90 Å². The molecule has 0 aromatic heterocycles. The van der Waals surface area contributed by atoms with Crippen LogP contribution in [0.15, 0.2) is 0 Å². The Morgan fingerprint density at radius 1 is 1.54 bits per heavy atom. The first-order chi connectivity index (χ1) is 5.61. The molecule has 5 heteroatoms. The van der Waals surface area contributed by atoms with Crippen molar-refractivity contribution in [1.29, 1.82) is 0 Å². The maximum absolute atomic E-state index is 10.7. The minimum absolute atomic E-state index is 0. The fourth-order valence-electron chi connectivity index (χ4n) is 1.44. The summed E-state index contributed by atoms with van der Waals surface area (Å²) in [5, 5.41) is 9.19. The van der Waals surface area contributed by atoms with Crippen LogP contribution in [0.4, 0.5) is 0 Å². The van der Waals surface area contributed by atoms with Crippen molar-refractivity contribution in [1.82, 2.24) is 4.90 Å². The SMILES string of the molecule is CC(C([NH-])=O)N1CCC(O)CC1.[Y]. The number of likely N-dealkylation sites (tertiary alicyclic amines) is 1. The number of hydrogen-bond acceptors (Lipinski definition) is 3. The third-order valence-electron chi connectivity index (χ3n) is 2.43. The van der Waals surface area contributed by atoms with Gasteiger partial charge in [0.25, 0.3) is 0 Å². The van der Waals surface area contributed by atoms with Gasteiger partial charge in [-0.25, -0.2) is 0 Å². The number of nitrogens with zero attached hydrogens (tertiary/aromatic N) is 1. The molecule has 0 saturated carbocycles. The van der Waals surface area contributed by atoms with Crippen molar-refractivity contribution in [3.05, 3.63) is 5.73 Å². The van der Waals surface area contributed by atoms with E-state index in [1.54, 1.807) is 6.92 Å². The van der Waals surface area contributed by atoms with Crippen molar-refractivity contribution < 1.29 is 42.6 Å². The van der Waals surface area contributed by atoms with E-state index >= 15 is 0 Å². The molecule has 0 spiro atoms. The van der Waals surface area contributed by atoms with Crippen LogP contribution in [0.25, 0.3) is 5.73 Å². The van der Waals surface area contributed by atoms with Crippen molar-refractivity contribution in [3.63, 3.8) is 0 Å². The van der Waals surface area contributed by atoms with Gasteiger partial charge in [0.05, 0.1) is 12.0 Å². The zero-order valence-corrected chi connectivity index (χ0v) is 10.7. The van der Waals surface area contributed by atoms with E-state index in [4.69, 9.17) is 5.73 Å². The van der Waals surface area contributed by atoms with Crippen LogP contribution in [0.2, 0.25) is 0 Å². The minimum Gasteiger partial charge on any atom is -0.666 e. The van der Waals surface area contributed by atoms with Crippen molar-refractivity contribution in [3.8, 4) is 0 Å². The predicted molar refractivity (Wildman–Crippen MR) is 45.6 cm³/mol. The van der Waals surface area contributed by atoms with Gasteiger partial charge in [-0.15, -0.1) is 0 Å². The molecule has 1 aliphatic heterocycles.